The van der Waals surface area contributed by atoms with E-state index in [4.69, 9.17) is 4.74 Å². The first-order chi connectivity index (χ1) is 9.58. The number of fused-ring (bicyclic) bond motifs is 2. The quantitative estimate of drug-likeness (QED) is 0.675. The smallest absolute Gasteiger partial charge is 0.358 e. The number of methoxy groups -OCH3 is 1. The zero-order valence-corrected chi connectivity index (χ0v) is 12.2. The summed E-state index contributed by atoms with van der Waals surface area (Å²) in [4.78, 5) is 27.8. The number of thiazole rings is 1. The molecule has 0 aromatic carbocycles. The number of esters is 1. The summed E-state index contributed by atoms with van der Waals surface area (Å²) in [5.74, 6) is -0.760. The van der Waals surface area contributed by atoms with Crippen LogP contribution in [-0.2, 0) is 9.47 Å². The SMILES string of the molecule is COC(=O)c1nc(NC2CC3CCC2O3)sc1C(C)=O. The molecule has 1 aromatic heterocycles. The maximum Gasteiger partial charge on any atom is 0.358 e. The highest BCUT2D eigenvalue weighted by Gasteiger charge is 2.41. The van der Waals surface area contributed by atoms with Crippen molar-refractivity contribution < 1.29 is 19.1 Å². The Labute approximate surface area is 120 Å². The van der Waals surface area contributed by atoms with Gasteiger partial charge in [-0.25, -0.2) is 9.78 Å². The average Bonchev–Trinajstić information content (AvgIpc) is 3.12. The summed E-state index contributed by atoms with van der Waals surface area (Å²) < 4.78 is 10.4. The van der Waals surface area contributed by atoms with Crippen LogP contribution in [0.25, 0.3) is 0 Å². The minimum absolute atomic E-state index is 0.0941. The van der Waals surface area contributed by atoms with Crippen molar-refractivity contribution in [1.82, 2.24) is 4.98 Å². The highest BCUT2D eigenvalue weighted by Crippen LogP contribution is 2.37. The summed E-state index contributed by atoms with van der Waals surface area (Å²) in [5.41, 5.74) is 0.0941. The highest BCUT2D eigenvalue weighted by atomic mass is 32.1. The van der Waals surface area contributed by atoms with Gasteiger partial charge < -0.3 is 14.8 Å². The molecule has 20 heavy (non-hydrogen) atoms. The van der Waals surface area contributed by atoms with Crippen LogP contribution >= 0.6 is 11.3 Å². The van der Waals surface area contributed by atoms with Crippen molar-refractivity contribution in [2.45, 2.75) is 44.4 Å². The molecule has 2 fully saturated rings. The third-order valence-electron chi connectivity index (χ3n) is 3.74. The van der Waals surface area contributed by atoms with Crippen molar-refractivity contribution >= 4 is 28.2 Å². The van der Waals surface area contributed by atoms with Gasteiger partial charge in [-0.2, -0.15) is 0 Å². The van der Waals surface area contributed by atoms with Gasteiger partial charge >= 0.3 is 5.97 Å². The zero-order chi connectivity index (χ0) is 14.3. The fourth-order valence-corrected chi connectivity index (χ4v) is 3.71. The molecule has 108 valence electrons. The topological polar surface area (TPSA) is 77.5 Å². The minimum atomic E-state index is -0.580. The van der Waals surface area contributed by atoms with Crippen molar-refractivity contribution in [3.8, 4) is 0 Å². The van der Waals surface area contributed by atoms with Gasteiger partial charge in [0.25, 0.3) is 0 Å². The van der Waals surface area contributed by atoms with E-state index < -0.39 is 5.97 Å². The molecule has 3 atom stereocenters. The van der Waals surface area contributed by atoms with E-state index in [1.54, 1.807) is 0 Å². The van der Waals surface area contributed by atoms with Crippen LogP contribution in [0.2, 0.25) is 0 Å². The summed E-state index contributed by atoms with van der Waals surface area (Å²) in [6.45, 7) is 1.42. The summed E-state index contributed by atoms with van der Waals surface area (Å²) in [5, 5.41) is 3.87. The maximum atomic E-state index is 11.6. The number of ketones is 1. The van der Waals surface area contributed by atoms with Gasteiger partial charge in [-0.3, -0.25) is 4.79 Å². The number of nitrogens with zero attached hydrogens (tertiary/aromatic N) is 1. The van der Waals surface area contributed by atoms with Crippen LogP contribution in [0.4, 0.5) is 5.13 Å². The number of carbonyl (C=O) groups is 2. The normalized spacial score (nSPS) is 27.6. The summed E-state index contributed by atoms with van der Waals surface area (Å²) in [6, 6.07) is 0.213. The molecular formula is C13H16N2O4S. The second-order valence-electron chi connectivity index (χ2n) is 5.10. The first-order valence-corrected chi connectivity index (χ1v) is 7.42. The molecule has 2 aliphatic heterocycles. The molecule has 0 spiro atoms. The van der Waals surface area contributed by atoms with Crippen molar-refractivity contribution in [3.63, 3.8) is 0 Å². The van der Waals surface area contributed by atoms with Crippen LogP contribution in [0.1, 0.15) is 46.3 Å². The van der Waals surface area contributed by atoms with Gasteiger partial charge in [0.05, 0.1) is 25.4 Å². The molecule has 0 saturated carbocycles. The van der Waals surface area contributed by atoms with Crippen LogP contribution in [-0.4, -0.2) is 42.1 Å². The second kappa shape index (κ2) is 5.14. The third kappa shape index (κ3) is 2.31. The van der Waals surface area contributed by atoms with Crippen LogP contribution in [0.15, 0.2) is 0 Å². The van der Waals surface area contributed by atoms with Gasteiger partial charge in [0.1, 0.15) is 4.88 Å². The van der Waals surface area contributed by atoms with Gasteiger partial charge in [-0.15, -0.1) is 0 Å². The van der Waals surface area contributed by atoms with E-state index in [2.05, 4.69) is 15.0 Å². The van der Waals surface area contributed by atoms with E-state index >= 15 is 0 Å². The summed E-state index contributed by atoms with van der Waals surface area (Å²) >= 11 is 1.20. The highest BCUT2D eigenvalue weighted by molar-refractivity contribution is 7.17. The largest absolute Gasteiger partial charge is 0.464 e. The maximum absolute atomic E-state index is 11.6. The summed E-state index contributed by atoms with van der Waals surface area (Å²) in [7, 11) is 1.28. The average molecular weight is 296 g/mol. The Balaban J connectivity index is 1.80. The number of ether oxygens (including phenoxy) is 2. The van der Waals surface area contributed by atoms with Gasteiger partial charge in [0, 0.05) is 6.92 Å². The monoisotopic (exact) mass is 296 g/mol. The molecule has 3 unspecified atom stereocenters. The number of carbonyl (C=O) groups excluding carboxylic acids is 2. The predicted octanol–water partition coefficient (Wildman–Crippen LogP) is 1.86. The Bertz CT molecular complexity index is 557. The van der Waals surface area contributed by atoms with Crippen LogP contribution < -0.4 is 5.32 Å². The fraction of sp³-hybridized carbons (Fsp3) is 0.615. The Kier molecular flexibility index (Phi) is 3.47. The molecule has 1 aromatic rings. The predicted molar refractivity (Wildman–Crippen MR) is 73.4 cm³/mol. The number of rotatable bonds is 4. The lowest BCUT2D eigenvalue weighted by atomic mass is 9.96. The van der Waals surface area contributed by atoms with Gasteiger partial charge in [-0.1, -0.05) is 11.3 Å². The molecule has 7 heteroatoms. The Hall–Kier alpha value is -1.47. The van der Waals surface area contributed by atoms with Gasteiger partial charge in [-0.05, 0) is 19.3 Å². The molecular weight excluding hydrogens is 280 g/mol. The number of anilines is 1. The molecule has 0 radical (unpaired) electrons. The Morgan fingerprint density at radius 2 is 2.25 bits per heavy atom. The number of nitrogens with one attached hydrogen (secondary N) is 1. The van der Waals surface area contributed by atoms with Gasteiger partial charge in [0.15, 0.2) is 16.6 Å². The van der Waals surface area contributed by atoms with Crippen molar-refractivity contribution in [2.24, 2.45) is 0 Å². The minimum Gasteiger partial charge on any atom is -0.464 e. The molecule has 2 saturated heterocycles. The van der Waals surface area contributed by atoms with E-state index in [1.165, 1.54) is 25.4 Å². The number of hydrogen-bond donors (Lipinski definition) is 1. The number of aromatic nitrogens is 1. The lowest BCUT2D eigenvalue weighted by molar-refractivity contribution is 0.0591. The van der Waals surface area contributed by atoms with E-state index in [9.17, 15) is 9.59 Å². The zero-order valence-electron chi connectivity index (χ0n) is 11.3. The van der Waals surface area contributed by atoms with Crippen molar-refractivity contribution in [1.29, 1.82) is 0 Å². The first kappa shape index (κ1) is 13.5. The van der Waals surface area contributed by atoms with E-state index in [0.717, 1.165) is 19.3 Å². The van der Waals surface area contributed by atoms with Crippen LogP contribution in [0.5, 0.6) is 0 Å². The third-order valence-corrected chi connectivity index (χ3v) is 4.83. The lowest BCUT2D eigenvalue weighted by Crippen LogP contribution is -2.30. The lowest BCUT2D eigenvalue weighted by Gasteiger charge is -2.19. The van der Waals surface area contributed by atoms with Crippen LogP contribution in [0, 0.1) is 0 Å². The molecule has 0 amide bonds. The standard InChI is InChI=1S/C13H16N2O4S/c1-6(16)11-10(12(17)18-2)15-13(20-11)14-8-5-7-3-4-9(8)19-7/h7-9H,3-5H2,1-2H3,(H,14,15). The Morgan fingerprint density at radius 1 is 1.45 bits per heavy atom. The second-order valence-corrected chi connectivity index (χ2v) is 6.10. The van der Waals surface area contributed by atoms with Crippen LogP contribution in [0.3, 0.4) is 0 Å². The molecule has 0 aliphatic carbocycles. The van der Waals surface area contributed by atoms with Crippen molar-refractivity contribution in [2.75, 3.05) is 12.4 Å². The summed E-state index contributed by atoms with van der Waals surface area (Å²) in [6.07, 6.45) is 3.67. The number of hydrogen-bond acceptors (Lipinski definition) is 7. The molecule has 2 bridgehead atoms. The van der Waals surface area contributed by atoms with Crippen molar-refractivity contribution in [3.05, 3.63) is 10.6 Å². The first-order valence-electron chi connectivity index (χ1n) is 6.60. The molecule has 1 N–H and O–H groups in total. The Morgan fingerprint density at radius 3 is 2.80 bits per heavy atom. The number of Topliss-reactive ketones (excluding diaryl/α,β-unsaturated/α-hetero) is 1. The van der Waals surface area contributed by atoms with E-state index in [-0.39, 0.29) is 23.6 Å². The fourth-order valence-electron chi connectivity index (χ4n) is 2.80. The molecule has 3 heterocycles. The molecule has 3 rings (SSSR count). The molecule has 2 aliphatic rings. The van der Waals surface area contributed by atoms with Gasteiger partial charge in [0.2, 0.25) is 0 Å². The van der Waals surface area contributed by atoms with E-state index in [1.807, 2.05) is 0 Å². The van der Waals surface area contributed by atoms with E-state index in [0.29, 0.717) is 16.1 Å². The molecule has 6 nitrogen and oxygen atoms in total.